The van der Waals surface area contributed by atoms with Crippen molar-refractivity contribution in [1.29, 1.82) is 0 Å². The van der Waals surface area contributed by atoms with Crippen LogP contribution in [0.25, 0.3) is 0 Å². The summed E-state index contributed by atoms with van der Waals surface area (Å²) in [6, 6.07) is -2.74. The fourth-order valence-electron chi connectivity index (χ4n) is 1.26. The van der Waals surface area contributed by atoms with Crippen molar-refractivity contribution in [3.05, 3.63) is 0 Å². The van der Waals surface area contributed by atoms with Gasteiger partial charge in [-0.2, -0.15) is 0 Å². The van der Waals surface area contributed by atoms with Crippen LogP contribution in [0.15, 0.2) is 0 Å². The first kappa shape index (κ1) is 17.8. The van der Waals surface area contributed by atoms with Gasteiger partial charge in [-0.3, -0.25) is 4.79 Å². The number of aliphatic carboxylic acids is 1. The Morgan fingerprint density at radius 2 is 1.80 bits per heavy atom. The van der Waals surface area contributed by atoms with Crippen molar-refractivity contribution in [3.8, 4) is 12.3 Å². The van der Waals surface area contributed by atoms with Crippen LogP contribution < -0.4 is 16.0 Å². The Bertz CT molecular complexity index is 420. The minimum Gasteiger partial charge on any atom is -0.480 e. The van der Waals surface area contributed by atoms with Crippen LogP contribution >= 0.6 is 0 Å². The maximum Gasteiger partial charge on any atom is 0.327 e. The lowest BCUT2D eigenvalue weighted by molar-refractivity contribution is -0.139. The lowest BCUT2D eigenvalue weighted by Gasteiger charge is -2.24. The molecule has 0 radical (unpaired) electrons. The predicted molar refractivity (Wildman–Crippen MR) is 73.9 cm³/mol. The van der Waals surface area contributed by atoms with Crippen molar-refractivity contribution >= 4 is 17.9 Å². The molecule has 0 saturated heterocycles. The van der Waals surface area contributed by atoms with E-state index in [0.29, 0.717) is 0 Å². The van der Waals surface area contributed by atoms with Gasteiger partial charge in [0.2, 0.25) is 5.91 Å². The van der Waals surface area contributed by atoms with Crippen molar-refractivity contribution < 1.29 is 19.5 Å². The van der Waals surface area contributed by atoms with Gasteiger partial charge in [-0.1, -0.05) is 0 Å². The van der Waals surface area contributed by atoms with Crippen LogP contribution in [0, 0.1) is 12.3 Å². The summed E-state index contributed by atoms with van der Waals surface area (Å²) >= 11 is 0. The molecule has 0 heterocycles. The van der Waals surface area contributed by atoms with Crippen molar-refractivity contribution in [3.63, 3.8) is 0 Å². The highest BCUT2D eigenvalue weighted by Gasteiger charge is 2.23. The van der Waals surface area contributed by atoms with Gasteiger partial charge in [0.25, 0.3) is 0 Å². The van der Waals surface area contributed by atoms with Gasteiger partial charge in [0.05, 0.1) is 0 Å². The van der Waals surface area contributed by atoms with E-state index in [1.54, 1.807) is 0 Å². The summed E-state index contributed by atoms with van der Waals surface area (Å²) in [4.78, 5) is 34.1. The number of nitrogens with one attached hydrogen (secondary N) is 3. The number of hydrogen-bond donors (Lipinski definition) is 4. The molecule has 3 amide bonds. The molecule has 0 saturated carbocycles. The van der Waals surface area contributed by atoms with Crippen LogP contribution in [0.3, 0.4) is 0 Å². The average molecular weight is 283 g/mol. The number of amides is 3. The molecular formula is C13H21N3O4. The smallest absolute Gasteiger partial charge is 0.327 e. The molecule has 0 aromatic heterocycles. The molecule has 2 unspecified atom stereocenters. The standard InChI is InChI=1S/C13H21N3O4/c1-6-7-9(11(18)19)15-12(20)14-8(2)10(17)16-13(3,4)5/h1,8-9H,7H2,2-5H3,(H,16,17)(H,18,19)(H2,14,15,20). The second-order valence-corrected chi connectivity index (χ2v) is 5.38. The van der Waals surface area contributed by atoms with Crippen LogP contribution in [0.5, 0.6) is 0 Å². The van der Waals surface area contributed by atoms with Crippen molar-refractivity contribution in [2.24, 2.45) is 0 Å². The highest BCUT2D eigenvalue weighted by molar-refractivity contribution is 5.88. The third kappa shape index (κ3) is 7.26. The van der Waals surface area contributed by atoms with Gasteiger partial charge in [0, 0.05) is 12.0 Å². The number of carboxylic acids is 1. The predicted octanol–water partition coefficient (Wildman–Crippen LogP) is 0.0653. The molecule has 7 nitrogen and oxygen atoms in total. The highest BCUT2D eigenvalue weighted by atomic mass is 16.4. The first-order valence-corrected chi connectivity index (χ1v) is 6.12. The van der Waals surface area contributed by atoms with Crippen LogP contribution in [0.4, 0.5) is 4.79 Å². The zero-order valence-corrected chi connectivity index (χ0v) is 12.1. The minimum atomic E-state index is -1.23. The monoisotopic (exact) mass is 283 g/mol. The first-order chi connectivity index (χ1) is 9.06. The summed E-state index contributed by atoms with van der Waals surface area (Å²) in [6.07, 6.45) is 4.88. The van der Waals surface area contributed by atoms with E-state index in [4.69, 9.17) is 11.5 Å². The SMILES string of the molecule is C#CCC(NC(=O)NC(C)C(=O)NC(C)(C)C)C(=O)O. The summed E-state index contributed by atoms with van der Waals surface area (Å²) in [5, 5.41) is 16.1. The summed E-state index contributed by atoms with van der Waals surface area (Å²) in [5.74, 6) is 0.563. The summed E-state index contributed by atoms with van der Waals surface area (Å²) in [6.45, 7) is 6.93. The average Bonchev–Trinajstić information content (AvgIpc) is 2.25. The molecule has 0 aromatic rings. The molecule has 0 rings (SSSR count). The molecule has 4 N–H and O–H groups in total. The maximum atomic E-state index is 11.7. The van der Waals surface area contributed by atoms with Crippen LogP contribution in [0.2, 0.25) is 0 Å². The quantitative estimate of drug-likeness (QED) is 0.535. The zero-order valence-electron chi connectivity index (χ0n) is 12.1. The molecule has 0 aliphatic carbocycles. The van der Waals surface area contributed by atoms with Gasteiger partial charge in [-0.15, -0.1) is 12.3 Å². The molecule has 0 aliphatic heterocycles. The van der Waals surface area contributed by atoms with Gasteiger partial charge >= 0.3 is 12.0 Å². The van der Waals surface area contributed by atoms with Crippen LogP contribution in [0.1, 0.15) is 34.1 Å². The van der Waals surface area contributed by atoms with E-state index >= 15 is 0 Å². The topological polar surface area (TPSA) is 108 Å². The Morgan fingerprint density at radius 1 is 1.25 bits per heavy atom. The fraction of sp³-hybridized carbons (Fsp3) is 0.615. The number of carbonyl (C=O) groups is 3. The van der Waals surface area contributed by atoms with Gasteiger partial charge in [0.15, 0.2) is 0 Å². The summed E-state index contributed by atoms with van der Waals surface area (Å²) < 4.78 is 0. The fourth-order valence-corrected chi connectivity index (χ4v) is 1.26. The Labute approximate surface area is 118 Å². The van der Waals surface area contributed by atoms with Crippen molar-refractivity contribution in [2.45, 2.75) is 51.7 Å². The van der Waals surface area contributed by atoms with Crippen LogP contribution in [-0.4, -0.2) is 40.6 Å². The van der Waals surface area contributed by atoms with E-state index in [-0.39, 0.29) is 12.3 Å². The van der Waals surface area contributed by atoms with E-state index in [1.165, 1.54) is 6.92 Å². The second-order valence-electron chi connectivity index (χ2n) is 5.38. The largest absolute Gasteiger partial charge is 0.480 e. The number of hydrogen-bond acceptors (Lipinski definition) is 3. The second kappa shape index (κ2) is 7.38. The molecule has 2 atom stereocenters. The van der Waals surface area contributed by atoms with E-state index in [9.17, 15) is 14.4 Å². The van der Waals surface area contributed by atoms with Gasteiger partial charge < -0.3 is 21.1 Å². The van der Waals surface area contributed by atoms with E-state index in [2.05, 4.69) is 21.9 Å². The third-order valence-corrected chi connectivity index (χ3v) is 2.16. The Morgan fingerprint density at radius 3 is 2.20 bits per heavy atom. The summed E-state index contributed by atoms with van der Waals surface area (Å²) in [7, 11) is 0. The molecule has 0 aromatic carbocycles. The van der Waals surface area contributed by atoms with Gasteiger partial charge in [-0.05, 0) is 27.7 Å². The normalized spacial score (nSPS) is 13.6. The molecule has 0 bridgehead atoms. The summed E-state index contributed by atoms with van der Waals surface area (Å²) in [5.41, 5.74) is -0.420. The lowest BCUT2D eigenvalue weighted by atomic mass is 10.1. The Balaban J connectivity index is 4.42. The van der Waals surface area contributed by atoms with E-state index in [1.807, 2.05) is 20.8 Å². The molecule has 112 valence electrons. The van der Waals surface area contributed by atoms with Gasteiger partial charge in [0.1, 0.15) is 12.1 Å². The molecular weight excluding hydrogens is 262 g/mol. The minimum absolute atomic E-state index is 0.134. The molecule has 20 heavy (non-hydrogen) atoms. The molecule has 0 fully saturated rings. The zero-order chi connectivity index (χ0) is 15.9. The van der Waals surface area contributed by atoms with Crippen molar-refractivity contribution in [1.82, 2.24) is 16.0 Å². The van der Waals surface area contributed by atoms with E-state index < -0.39 is 29.6 Å². The first-order valence-electron chi connectivity index (χ1n) is 6.12. The maximum absolute atomic E-state index is 11.7. The number of urea groups is 1. The Kier molecular flexibility index (Phi) is 6.56. The molecule has 7 heteroatoms. The molecule has 0 spiro atoms. The lowest BCUT2D eigenvalue weighted by Crippen LogP contribution is -2.54. The van der Waals surface area contributed by atoms with Gasteiger partial charge in [-0.25, -0.2) is 9.59 Å². The van der Waals surface area contributed by atoms with Crippen LogP contribution in [-0.2, 0) is 9.59 Å². The Hall–Kier alpha value is -2.23. The highest BCUT2D eigenvalue weighted by Crippen LogP contribution is 1.99. The van der Waals surface area contributed by atoms with Crippen molar-refractivity contribution in [2.75, 3.05) is 0 Å². The number of rotatable bonds is 5. The van der Waals surface area contributed by atoms with E-state index in [0.717, 1.165) is 0 Å². The number of terminal acetylenes is 1. The number of carboxylic acid groups (broad SMARTS) is 1. The third-order valence-electron chi connectivity index (χ3n) is 2.16. The number of carbonyl (C=O) groups excluding carboxylic acids is 2. The molecule has 0 aliphatic rings.